The van der Waals surface area contributed by atoms with Gasteiger partial charge in [0.05, 0.1) is 19.8 Å². The Morgan fingerprint density at radius 3 is 2.60 bits per heavy atom. The maximum Gasteiger partial charge on any atom is 0.411 e. The molecule has 0 spiro atoms. The molecule has 170 valence electrons. The van der Waals surface area contributed by atoms with E-state index in [2.05, 4.69) is 15.0 Å². The number of nitrogens with one attached hydrogen (secondary N) is 1. The summed E-state index contributed by atoms with van der Waals surface area (Å²) in [6, 6.07) is 7.12. The molecular weight excluding hydrogens is 516 g/mol. The summed E-state index contributed by atoms with van der Waals surface area (Å²) in [5.74, 6) is 0.290. The SMILES string of the molecule is CCOC(=O)N1CCC(NC(N)=NCc2cccc(COCC(F)(F)F)c2)CC1.I. The fraction of sp³-hybridized carbons (Fsp3) is 0.579. The predicted molar refractivity (Wildman–Crippen MR) is 118 cm³/mol. The number of hydrogen-bond acceptors (Lipinski definition) is 4. The van der Waals surface area contributed by atoms with Crippen molar-refractivity contribution in [2.45, 2.75) is 45.1 Å². The number of guanidine groups is 1. The first kappa shape index (κ1) is 26.3. The number of hydrogen-bond donors (Lipinski definition) is 2. The highest BCUT2D eigenvalue weighted by Gasteiger charge is 2.27. The third-order valence-electron chi connectivity index (χ3n) is 4.33. The van der Waals surface area contributed by atoms with Crippen LogP contribution in [0.1, 0.15) is 30.9 Å². The molecule has 1 aromatic rings. The van der Waals surface area contributed by atoms with Crippen molar-refractivity contribution in [1.29, 1.82) is 0 Å². The van der Waals surface area contributed by atoms with Gasteiger partial charge in [0.15, 0.2) is 5.96 Å². The second kappa shape index (κ2) is 12.8. The molecule has 11 heteroatoms. The molecular formula is C19H28F3IN4O3. The third kappa shape index (κ3) is 9.83. The van der Waals surface area contributed by atoms with Crippen LogP contribution in [-0.2, 0) is 22.6 Å². The lowest BCUT2D eigenvalue weighted by atomic mass is 10.1. The van der Waals surface area contributed by atoms with Gasteiger partial charge in [0.2, 0.25) is 0 Å². The van der Waals surface area contributed by atoms with Crippen LogP contribution >= 0.6 is 24.0 Å². The molecule has 1 aliphatic rings. The molecule has 7 nitrogen and oxygen atoms in total. The fourth-order valence-corrected chi connectivity index (χ4v) is 2.95. The predicted octanol–water partition coefficient (Wildman–Crippen LogP) is 3.41. The summed E-state index contributed by atoms with van der Waals surface area (Å²) in [5.41, 5.74) is 7.40. The van der Waals surface area contributed by atoms with Crippen molar-refractivity contribution < 1.29 is 27.4 Å². The second-order valence-electron chi connectivity index (χ2n) is 6.73. The lowest BCUT2D eigenvalue weighted by molar-refractivity contribution is -0.176. The van der Waals surface area contributed by atoms with Gasteiger partial charge >= 0.3 is 12.3 Å². The first-order chi connectivity index (χ1) is 13.8. The molecule has 1 aromatic carbocycles. The standard InChI is InChI=1S/C19H27F3N4O3.HI/c1-2-29-18(27)26-8-6-16(7-9-26)25-17(23)24-11-14-4-3-5-15(10-14)12-28-13-19(20,21)22;/h3-5,10,16H,2,6-9,11-13H2,1H3,(H3,23,24,25);1H. The average Bonchev–Trinajstić information content (AvgIpc) is 2.66. The highest BCUT2D eigenvalue weighted by atomic mass is 127. The van der Waals surface area contributed by atoms with Gasteiger partial charge in [-0.05, 0) is 30.9 Å². The van der Waals surface area contributed by atoms with E-state index in [1.54, 1.807) is 30.0 Å². The summed E-state index contributed by atoms with van der Waals surface area (Å²) in [6.07, 6.45) is -3.16. The summed E-state index contributed by atoms with van der Waals surface area (Å²) in [6.45, 7) is 2.20. The number of benzene rings is 1. The number of nitrogens with two attached hydrogens (primary N) is 1. The Morgan fingerprint density at radius 2 is 1.97 bits per heavy atom. The van der Waals surface area contributed by atoms with Crippen LogP contribution < -0.4 is 11.1 Å². The molecule has 0 unspecified atom stereocenters. The zero-order chi connectivity index (χ0) is 21.3. The van der Waals surface area contributed by atoms with Gasteiger partial charge < -0.3 is 25.4 Å². The minimum Gasteiger partial charge on any atom is -0.450 e. The van der Waals surface area contributed by atoms with Crippen molar-refractivity contribution in [2.24, 2.45) is 10.7 Å². The average molecular weight is 544 g/mol. The number of carbonyl (C=O) groups is 1. The van der Waals surface area contributed by atoms with Gasteiger partial charge in [0.25, 0.3) is 0 Å². The first-order valence-electron chi connectivity index (χ1n) is 9.47. The second-order valence-corrected chi connectivity index (χ2v) is 6.73. The first-order valence-corrected chi connectivity index (χ1v) is 9.47. The minimum absolute atomic E-state index is 0. The summed E-state index contributed by atoms with van der Waals surface area (Å²) in [5, 5.41) is 3.15. The molecule has 1 fully saturated rings. The maximum absolute atomic E-state index is 12.1. The Bertz CT molecular complexity index is 696. The number of alkyl halides is 3. The van der Waals surface area contributed by atoms with Gasteiger partial charge in [-0.3, -0.25) is 0 Å². The van der Waals surface area contributed by atoms with E-state index in [1.807, 2.05) is 6.07 Å². The van der Waals surface area contributed by atoms with Crippen molar-refractivity contribution in [2.75, 3.05) is 26.3 Å². The Labute approximate surface area is 191 Å². The Morgan fingerprint density at radius 1 is 1.30 bits per heavy atom. The van der Waals surface area contributed by atoms with Crippen molar-refractivity contribution in [3.05, 3.63) is 35.4 Å². The van der Waals surface area contributed by atoms with Gasteiger partial charge in [0.1, 0.15) is 6.61 Å². The van der Waals surface area contributed by atoms with E-state index in [4.69, 9.17) is 10.5 Å². The smallest absolute Gasteiger partial charge is 0.411 e. The van der Waals surface area contributed by atoms with E-state index in [-0.39, 0.29) is 42.7 Å². The van der Waals surface area contributed by atoms with E-state index in [0.29, 0.717) is 37.8 Å². The van der Waals surface area contributed by atoms with Gasteiger partial charge in [0, 0.05) is 19.1 Å². The number of rotatable bonds is 7. The molecule has 0 atom stereocenters. The van der Waals surface area contributed by atoms with Gasteiger partial charge in [-0.15, -0.1) is 24.0 Å². The molecule has 0 radical (unpaired) electrons. The number of carbonyl (C=O) groups excluding carboxylic acids is 1. The quantitative estimate of drug-likeness (QED) is 0.312. The summed E-state index contributed by atoms with van der Waals surface area (Å²) < 4.78 is 46.1. The summed E-state index contributed by atoms with van der Waals surface area (Å²) in [7, 11) is 0. The molecule has 30 heavy (non-hydrogen) atoms. The third-order valence-corrected chi connectivity index (χ3v) is 4.33. The van der Waals surface area contributed by atoms with Crippen LogP contribution in [0.2, 0.25) is 0 Å². The van der Waals surface area contributed by atoms with E-state index in [0.717, 1.165) is 18.4 Å². The van der Waals surface area contributed by atoms with E-state index >= 15 is 0 Å². The molecule has 1 heterocycles. The number of halogens is 4. The number of amides is 1. The summed E-state index contributed by atoms with van der Waals surface area (Å²) in [4.78, 5) is 17.7. The van der Waals surface area contributed by atoms with Crippen LogP contribution in [0.5, 0.6) is 0 Å². The number of nitrogens with zero attached hydrogens (tertiary/aromatic N) is 2. The topological polar surface area (TPSA) is 89.2 Å². The van der Waals surface area contributed by atoms with Crippen LogP contribution in [-0.4, -0.2) is 55.5 Å². The molecule has 1 amide bonds. The Kier molecular flexibility index (Phi) is 11.2. The van der Waals surface area contributed by atoms with Gasteiger partial charge in [-0.25, -0.2) is 9.79 Å². The highest BCUT2D eigenvalue weighted by molar-refractivity contribution is 14.0. The van der Waals surface area contributed by atoms with Crippen LogP contribution in [0.25, 0.3) is 0 Å². The monoisotopic (exact) mass is 544 g/mol. The van der Waals surface area contributed by atoms with E-state index in [1.165, 1.54) is 0 Å². The van der Waals surface area contributed by atoms with Crippen LogP contribution in [0, 0.1) is 0 Å². The zero-order valence-electron chi connectivity index (χ0n) is 16.8. The van der Waals surface area contributed by atoms with Crippen molar-refractivity contribution >= 4 is 36.0 Å². The number of piperidine rings is 1. The highest BCUT2D eigenvalue weighted by Crippen LogP contribution is 2.16. The molecule has 0 saturated carbocycles. The molecule has 1 aliphatic heterocycles. The normalized spacial score (nSPS) is 15.5. The van der Waals surface area contributed by atoms with Gasteiger partial charge in [-0.2, -0.15) is 13.2 Å². The fourth-order valence-electron chi connectivity index (χ4n) is 2.95. The molecule has 3 N–H and O–H groups in total. The number of likely N-dealkylation sites (tertiary alicyclic amines) is 1. The lowest BCUT2D eigenvalue weighted by Gasteiger charge is -2.31. The molecule has 0 bridgehead atoms. The van der Waals surface area contributed by atoms with Crippen LogP contribution in [0.15, 0.2) is 29.3 Å². The molecule has 0 aliphatic carbocycles. The largest absolute Gasteiger partial charge is 0.450 e. The zero-order valence-corrected chi connectivity index (χ0v) is 19.1. The molecule has 1 saturated heterocycles. The van der Waals surface area contributed by atoms with E-state index < -0.39 is 12.8 Å². The van der Waals surface area contributed by atoms with Gasteiger partial charge in [-0.1, -0.05) is 24.3 Å². The van der Waals surface area contributed by atoms with Crippen LogP contribution in [0.4, 0.5) is 18.0 Å². The lowest BCUT2D eigenvalue weighted by Crippen LogP contribution is -2.48. The van der Waals surface area contributed by atoms with E-state index in [9.17, 15) is 18.0 Å². The van der Waals surface area contributed by atoms with Crippen molar-refractivity contribution in [3.8, 4) is 0 Å². The summed E-state index contributed by atoms with van der Waals surface area (Å²) >= 11 is 0. The van der Waals surface area contributed by atoms with Crippen LogP contribution in [0.3, 0.4) is 0 Å². The van der Waals surface area contributed by atoms with Crippen molar-refractivity contribution in [1.82, 2.24) is 10.2 Å². The minimum atomic E-state index is -4.34. The molecule has 0 aromatic heterocycles. The molecule has 2 rings (SSSR count). The number of aliphatic imine (C=N–C) groups is 1. The Hall–Kier alpha value is -1.76. The Balaban J connectivity index is 0.00000450. The van der Waals surface area contributed by atoms with Crippen molar-refractivity contribution in [3.63, 3.8) is 0 Å². The number of ether oxygens (including phenoxy) is 2. The maximum atomic E-state index is 12.1.